The van der Waals surface area contributed by atoms with E-state index in [-0.39, 0.29) is 11.9 Å². The lowest BCUT2D eigenvalue weighted by Crippen LogP contribution is -2.28. The summed E-state index contributed by atoms with van der Waals surface area (Å²) >= 11 is 0. The maximum Gasteiger partial charge on any atom is 0.251 e. The van der Waals surface area contributed by atoms with Crippen molar-refractivity contribution in [1.29, 1.82) is 0 Å². The molecule has 3 aromatic rings. The summed E-state index contributed by atoms with van der Waals surface area (Å²) in [7, 11) is 0. The highest BCUT2D eigenvalue weighted by Gasteiger charge is 2.19. The molecule has 208 valence electrons. The number of benzene rings is 1. The minimum Gasteiger partial charge on any atom is -0.342 e. The molecule has 3 rings (SSSR count). The summed E-state index contributed by atoms with van der Waals surface area (Å²) < 4.78 is 2.30. The average Bonchev–Trinajstić information content (AvgIpc) is 3.32. The van der Waals surface area contributed by atoms with Gasteiger partial charge in [0.1, 0.15) is 5.82 Å². The fraction of sp³-hybridized carbons (Fsp3) is 0.606. The van der Waals surface area contributed by atoms with Crippen molar-refractivity contribution < 1.29 is 4.79 Å². The second kappa shape index (κ2) is 17.8. The summed E-state index contributed by atoms with van der Waals surface area (Å²) in [5.74, 6) is 0.829. The largest absolute Gasteiger partial charge is 0.342 e. The van der Waals surface area contributed by atoms with Crippen molar-refractivity contribution in [2.45, 2.75) is 129 Å². The number of unbranched alkanes of at least 4 members (excludes halogenated alkanes) is 15. The molecular formula is C33H50N4O. The van der Waals surface area contributed by atoms with Gasteiger partial charge in [-0.1, -0.05) is 115 Å². The van der Waals surface area contributed by atoms with E-state index in [4.69, 9.17) is 4.98 Å². The van der Waals surface area contributed by atoms with Crippen LogP contribution in [0.15, 0.2) is 48.8 Å². The van der Waals surface area contributed by atoms with E-state index in [9.17, 15) is 4.79 Å². The Bertz CT molecular complexity index is 1050. The average molecular weight is 519 g/mol. The Hall–Kier alpha value is -2.69. The zero-order valence-corrected chi connectivity index (χ0v) is 24.0. The number of hydrogen-bond acceptors (Lipinski definition) is 3. The van der Waals surface area contributed by atoms with E-state index in [2.05, 4.69) is 40.0 Å². The van der Waals surface area contributed by atoms with Crippen molar-refractivity contribution in [2.75, 3.05) is 0 Å². The fourth-order valence-electron chi connectivity index (χ4n) is 5.33. The summed E-state index contributed by atoms with van der Waals surface area (Å²) in [5.41, 5.74) is 2.75. The van der Waals surface area contributed by atoms with E-state index in [1.54, 1.807) is 24.5 Å². The number of carbonyl (C=O) groups excluding carboxylic acids is 1. The Morgan fingerprint density at radius 3 is 1.87 bits per heavy atom. The van der Waals surface area contributed by atoms with Gasteiger partial charge < -0.3 is 9.88 Å². The molecule has 5 heteroatoms. The molecule has 0 aliphatic rings. The molecule has 1 unspecified atom stereocenters. The van der Waals surface area contributed by atoms with Crippen molar-refractivity contribution in [3.05, 3.63) is 60.2 Å². The summed E-state index contributed by atoms with van der Waals surface area (Å²) in [5, 5.41) is 3.12. The number of aryl methyl sites for hydroxylation is 1. The van der Waals surface area contributed by atoms with Crippen LogP contribution < -0.4 is 5.32 Å². The van der Waals surface area contributed by atoms with Crippen LogP contribution in [0, 0.1) is 0 Å². The van der Waals surface area contributed by atoms with E-state index >= 15 is 0 Å². The van der Waals surface area contributed by atoms with Crippen molar-refractivity contribution in [3.63, 3.8) is 0 Å². The van der Waals surface area contributed by atoms with Crippen LogP contribution >= 0.6 is 0 Å². The number of carbonyl (C=O) groups is 1. The van der Waals surface area contributed by atoms with Gasteiger partial charge in [-0.05, 0) is 37.6 Å². The highest BCUT2D eigenvalue weighted by molar-refractivity contribution is 5.94. The molecule has 0 radical (unpaired) electrons. The highest BCUT2D eigenvalue weighted by Crippen LogP contribution is 2.22. The Morgan fingerprint density at radius 1 is 0.763 bits per heavy atom. The lowest BCUT2D eigenvalue weighted by Gasteiger charge is -2.16. The lowest BCUT2D eigenvalue weighted by atomic mass is 10.0. The van der Waals surface area contributed by atoms with Crippen LogP contribution in [-0.4, -0.2) is 20.4 Å². The molecule has 0 aliphatic heterocycles. The lowest BCUT2D eigenvalue weighted by molar-refractivity contribution is 0.0937. The van der Waals surface area contributed by atoms with Gasteiger partial charge >= 0.3 is 0 Å². The molecule has 0 aliphatic carbocycles. The summed E-state index contributed by atoms with van der Waals surface area (Å²) in [6.45, 7) is 5.24. The summed E-state index contributed by atoms with van der Waals surface area (Å²) in [4.78, 5) is 21.6. The van der Waals surface area contributed by atoms with Gasteiger partial charge in [-0.15, -0.1) is 0 Å². The maximum absolute atomic E-state index is 12.7. The third-order valence-corrected chi connectivity index (χ3v) is 7.60. The second-order valence-electron chi connectivity index (χ2n) is 10.8. The van der Waals surface area contributed by atoms with E-state index in [0.717, 1.165) is 29.8 Å². The first-order valence-corrected chi connectivity index (χ1v) is 15.4. The number of aromatic nitrogens is 3. The van der Waals surface area contributed by atoms with E-state index in [1.165, 1.54) is 96.3 Å². The van der Waals surface area contributed by atoms with Crippen molar-refractivity contribution in [1.82, 2.24) is 19.9 Å². The SMILES string of the molecule is CCCCCCCCCCCCCCCCCCn1c(C(C)NC(=O)c2ccncc2)nc2ccccc21. The molecule has 2 heterocycles. The number of nitrogens with zero attached hydrogens (tertiary/aromatic N) is 3. The first kappa shape index (κ1) is 29.9. The van der Waals surface area contributed by atoms with Crippen LogP contribution in [0.5, 0.6) is 0 Å². The fourth-order valence-corrected chi connectivity index (χ4v) is 5.33. The normalized spacial score (nSPS) is 12.2. The summed E-state index contributed by atoms with van der Waals surface area (Å²) in [6.07, 6.45) is 25.3. The molecule has 5 nitrogen and oxygen atoms in total. The maximum atomic E-state index is 12.7. The molecular weight excluding hydrogens is 468 g/mol. The quantitative estimate of drug-likeness (QED) is 0.152. The third kappa shape index (κ3) is 10.2. The monoisotopic (exact) mass is 518 g/mol. The molecule has 1 N–H and O–H groups in total. The number of para-hydroxylation sites is 2. The van der Waals surface area contributed by atoms with Gasteiger partial charge in [0.05, 0.1) is 17.1 Å². The Kier molecular flexibility index (Phi) is 13.9. The van der Waals surface area contributed by atoms with E-state index < -0.39 is 0 Å². The molecule has 0 saturated heterocycles. The summed E-state index contributed by atoms with van der Waals surface area (Å²) in [6, 6.07) is 11.6. The molecule has 38 heavy (non-hydrogen) atoms. The van der Waals surface area contributed by atoms with E-state index in [1.807, 2.05) is 13.0 Å². The standard InChI is InChI=1S/C33H50N4O/c1-3-4-5-6-7-8-9-10-11-12-13-14-15-16-17-20-27-37-31-22-19-18-21-30(31)36-32(37)28(2)35-33(38)29-23-25-34-26-24-29/h18-19,21-26,28H,3-17,20,27H2,1-2H3,(H,35,38). The number of hydrogen-bond donors (Lipinski definition) is 1. The molecule has 0 spiro atoms. The molecule has 0 bridgehead atoms. The van der Waals surface area contributed by atoms with Crippen LogP contribution in [-0.2, 0) is 6.54 Å². The zero-order chi connectivity index (χ0) is 26.8. The van der Waals surface area contributed by atoms with Crippen LogP contribution in [0.3, 0.4) is 0 Å². The van der Waals surface area contributed by atoms with Gasteiger partial charge in [-0.25, -0.2) is 4.98 Å². The number of amides is 1. The third-order valence-electron chi connectivity index (χ3n) is 7.60. The Labute approximate surface area is 230 Å². The van der Waals surface area contributed by atoms with Crippen LogP contribution in [0.1, 0.15) is 139 Å². The predicted molar refractivity (Wildman–Crippen MR) is 159 cm³/mol. The van der Waals surface area contributed by atoms with Crippen LogP contribution in [0.2, 0.25) is 0 Å². The number of nitrogens with one attached hydrogen (secondary N) is 1. The van der Waals surface area contributed by atoms with Gasteiger partial charge in [-0.3, -0.25) is 9.78 Å². The molecule has 1 atom stereocenters. The molecule has 0 saturated carbocycles. The first-order chi connectivity index (χ1) is 18.7. The van der Waals surface area contributed by atoms with Crippen molar-refractivity contribution in [2.24, 2.45) is 0 Å². The Morgan fingerprint density at radius 2 is 1.29 bits per heavy atom. The van der Waals surface area contributed by atoms with Gasteiger partial charge in [0.25, 0.3) is 5.91 Å². The van der Waals surface area contributed by atoms with Crippen LogP contribution in [0.4, 0.5) is 0 Å². The van der Waals surface area contributed by atoms with Gasteiger partial charge in [0, 0.05) is 24.5 Å². The number of pyridine rings is 1. The van der Waals surface area contributed by atoms with Gasteiger partial charge in [-0.2, -0.15) is 0 Å². The van der Waals surface area contributed by atoms with Gasteiger partial charge in [0.15, 0.2) is 0 Å². The molecule has 1 aromatic carbocycles. The minimum atomic E-state index is -0.177. The number of imidazole rings is 1. The molecule has 2 aromatic heterocycles. The predicted octanol–water partition coefficient (Wildman–Crippen LogP) is 9.18. The Balaban J connectivity index is 1.33. The number of rotatable bonds is 20. The topological polar surface area (TPSA) is 59.8 Å². The smallest absolute Gasteiger partial charge is 0.251 e. The molecule has 0 fully saturated rings. The molecule has 1 amide bonds. The van der Waals surface area contributed by atoms with Crippen molar-refractivity contribution in [3.8, 4) is 0 Å². The minimum absolute atomic E-state index is 0.0964. The first-order valence-electron chi connectivity index (χ1n) is 15.4. The highest BCUT2D eigenvalue weighted by atomic mass is 16.1. The zero-order valence-electron chi connectivity index (χ0n) is 24.0. The van der Waals surface area contributed by atoms with Crippen LogP contribution in [0.25, 0.3) is 11.0 Å². The second-order valence-corrected chi connectivity index (χ2v) is 10.8. The van der Waals surface area contributed by atoms with Gasteiger partial charge in [0.2, 0.25) is 0 Å². The number of fused-ring (bicyclic) bond motifs is 1. The van der Waals surface area contributed by atoms with E-state index in [0.29, 0.717) is 5.56 Å². The van der Waals surface area contributed by atoms with Crippen molar-refractivity contribution >= 4 is 16.9 Å².